The summed E-state index contributed by atoms with van der Waals surface area (Å²) in [4.78, 5) is 2.49. The minimum absolute atomic E-state index is 0.286. The summed E-state index contributed by atoms with van der Waals surface area (Å²) in [6, 6.07) is 0. The lowest BCUT2D eigenvalue weighted by atomic mass is 9.84. The predicted molar refractivity (Wildman–Crippen MR) is 95.9 cm³/mol. The molecule has 1 rings (SSSR count). The van der Waals surface area contributed by atoms with Crippen molar-refractivity contribution in [1.82, 2.24) is 4.90 Å². The molecule has 0 fully saturated rings. The molecule has 24 heavy (non-hydrogen) atoms. The monoisotopic (exact) mass is 365 g/mol. The lowest BCUT2D eigenvalue weighted by molar-refractivity contribution is -0.490. The first-order valence-electron chi connectivity index (χ1n) is 8.64. The second-order valence-electron chi connectivity index (χ2n) is 6.79. The number of likely N-dealkylation sites (N-methyl/N-ethyl adjacent to an activating group) is 1. The van der Waals surface area contributed by atoms with Crippen LogP contribution in [0.15, 0.2) is 0 Å². The summed E-state index contributed by atoms with van der Waals surface area (Å²) in [5.74, 6) is 1.50. The van der Waals surface area contributed by atoms with Crippen molar-refractivity contribution in [2.24, 2.45) is 11.1 Å². The van der Waals surface area contributed by atoms with Gasteiger partial charge in [0.15, 0.2) is 0 Å². The van der Waals surface area contributed by atoms with E-state index in [4.69, 9.17) is 5.73 Å². The fourth-order valence-electron chi connectivity index (χ4n) is 3.15. The molecule has 8 heteroatoms. The van der Waals surface area contributed by atoms with Gasteiger partial charge in [0.1, 0.15) is 13.1 Å². The van der Waals surface area contributed by atoms with Gasteiger partial charge in [-0.1, -0.05) is 32.6 Å². The summed E-state index contributed by atoms with van der Waals surface area (Å²) in [5.41, 5.74) is 6.01. The summed E-state index contributed by atoms with van der Waals surface area (Å²) in [7, 11) is -1.38. The van der Waals surface area contributed by atoms with Gasteiger partial charge in [-0.15, -0.1) is 0 Å². The number of hydrogen-bond acceptors (Lipinski definition) is 6. The highest BCUT2D eigenvalue weighted by Gasteiger charge is 2.40. The molecule has 0 aromatic carbocycles. The van der Waals surface area contributed by atoms with E-state index in [-0.39, 0.29) is 5.41 Å². The van der Waals surface area contributed by atoms with Crippen molar-refractivity contribution < 1.29 is 21.7 Å². The highest BCUT2D eigenvalue weighted by atomic mass is 32.3. The first kappa shape index (κ1) is 23.3. The van der Waals surface area contributed by atoms with Gasteiger partial charge in [-0.05, 0) is 20.3 Å². The Kier molecular flexibility index (Phi) is 10.7. The van der Waals surface area contributed by atoms with E-state index in [1.54, 1.807) is 0 Å². The number of unbranched alkanes of at least 4 members (excludes halogenated alkanes) is 3. The molecule has 0 atom stereocenters. The summed E-state index contributed by atoms with van der Waals surface area (Å²) in [6.07, 6.45) is 6.68. The first-order valence-corrected chi connectivity index (χ1v) is 9.97. The van der Waals surface area contributed by atoms with Gasteiger partial charge in [0.25, 0.3) is 5.84 Å². The molecule has 0 aromatic rings. The molecule has 0 saturated heterocycles. The first-order chi connectivity index (χ1) is 11.1. The number of hydrogen-bond donors (Lipinski definition) is 1. The second kappa shape index (κ2) is 11.0. The van der Waals surface area contributed by atoms with Gasteiger partial charge in [-0.3, -0.25) is 13.7 Å². The number of rotatable bonds is 9. The molecule has 0 unspecified atom stereocenters. The molecule has 0 amide bonds. The van der Waals surface area contributed by atoms with Crippen LogP contribution in [0, 0.1) is 5.41 Å². The Balaban J connectivity index is 0.000000754. The number of nitrogens with two attached hydrogens (primary N) is 1. The Bertz CT molecular complexity index is 490. The average Bonchev–Trinajstić information content (AvgIpc) is 2.86. The molecule has 0 bridgehead atoms. The average molecular weight is 366 g/mol. The van der Waals surface area contributed by atoms with E-state index in [9.17, 15) is 13.0 Å². The minimum atomic E-state index is -4.41. The Hall–Kier alpha value is -0.700. The van der Waals surface area contributed by atoms with E-state index in [1.165, 1.54) is 37.9 Å². The van der Waals surface area contributed by atoms with Gasteiger partial charge in [0.05, 0.1) is 26.1 Å². The highest BCUT2D eigenvalue weighted by Crippen LogP contribution is 2.29. The van der Waals surface area contributed by atoms with E-state index in [0.717, 1.165) is 33.3 Å². The van der Waals surface area contributed by atoms with Gasteiger partial charge in [-0.2, -0.15) is 0 Å². The zero-order valence-electron chi connectivity index (χ0n) is 15.9. The standard InChI is InChI=1S/C15H32N3.CH4O4S/c1-5-6-7-8-9-15(2,3)14-17(4)12-13-18(14)11-10-16;1-5-6(2,3)4/h5-13,16H2,1-4H3;1H3,(H,2,3,4)/q+1;/p-1. The summed E-state index contributed by atoms with van der Waals surface area (Å²) < 4.78 is 33.4. The third kappa shape index (κ3) is 8.96. The summed E-state index contributed by atoms with van der Waals surface area (Å²) >= 11 is 0. The fourth-order valence-corrected chi connectivity index (χ4v) is 3.15. The quantitative estimate of drug-likeness (QED) is 0.287. The number of nitrogens with zero attached hydrogens (tertiary/aromatic N) is 2. The topological polar surface area (TPSA) is 98.7 Å². The summed E-state index contributed by atoms with van der Waals surface area (Å²) in [5, 5.41) is 0. The van der Waals surface area contributed by atoms with Crippen LogP contribution in [-0.4, -0.2) is 68.6 Å². The predicted octanol–water partition coefficient (Wildman–Crippen LogP) is 1.39. The van der Waals surface area contributed by atoms with Crippen LogP contribution in [0.5, 0.6) is 0 Å². The molecule has 1 heterocycles. The SMILES string of the molecule is CCCCCCC(C)(C)C1=[N+](C)CCN1CCN.COS(=O)(=O)[O-]. The molecule has 0 spiro atoms. The van der Waals surface area contributed by atoms with Crippen LogP contribution in [0.4, 0.5) is 0 Å². The van der Waals surface area contributed by atoms with Crippen molar-refractivity contribution in [3.05, 3.63) is 0 Å². The molecule has 1 aliphatic rings. The van der Waals surface area contributed by atoms with Crippen molar-refractivity contribution in [3.8, 4) is 0 Å². The summed E-state index contributed by atoms with van der Waals surface area (Å²) in [6.45, 7) is 11.1. The van der Waals surface area contributed by atoms with Crippen LogP contribution in [-0.2, 0) is 14.6 Å². The van der Waals surface area contributed by atoms with Crippen LogP contribution < -0.4 is 5.73 Å². The van der Waals surface area contributed by atoms with Crippen molar-refractivity contribution in [1.29, 1.82) is 0 Å². The van der Waals surface area contributed by atoms with E-state index in [1.807, 2.05) is 0 Å². The Morgan fingerprint density at radius 1 is 1.33 bits per heavy atom. The van der Waals surface area contributed by atoms with Crippen LogP contribution in [0.1, 0.15) is 52.9 Å². The van der Waals surface area contributed by atoms with Crippen molar-refractivity contribution in [2.75, 3.05) is 40.3 Å². The third-order valence-electron chi connectivity index (χ3n) is 4.23. The van der Waals surface area contributed by atoms with E-state index in [0.29, 0.717) is 0 Å². The van der Waals surface area contributed by atoms with Crippen molar-refractivity contribution in [2.45, 2.75) is 52.9 Å². The lowest BCUT2D eigenvalue weighted by Gasteiger charge is -2.27. The Labute approximate surface area is 147 Å². The maximum atomic E-state index is 9.22. The normalized spacial score (nSPS) is 15.5. The molecule has 1 aliphatic heterocycles. The van der Waals surface area contributed by atoms with Gasteiger partial charge >= 0.3 is 0 Å². The van der Waals surface area contributed by atoms with Crippen molar-refractivity contribution in [3.63, 3.8) is 0 Å². The molecule has 2 N–H and O–H groups in total. The van der Waals surface area contributed by atoms with E-state index < -0.39 is 10.4 Å². The molecule has 144 valence electrons. The number of amidine groups is 1. The molecule has 0 aliphatic carbocycles. The molecule has 0 radical (unpaired) electrons. The molecule has 0 aromatic heterocycles. The fraction of sp³-hybridized carbons (Fsp3) is 0.938. The van der Waals surface area contributed by atoms with E-state index >= 15 is 0 Å². The van der Waals surface area contributed by atoms with Crippen LogP contribution in [0.2, 0.25) is 0 Å². The van der Waals surface area contributed by atoms with Gasteiger partial charge in [-0.25, -0.2) is 8.42 Å². The Morgan fingerprint density at radius 2 is 1.92 bits per heavy atom. The third-order valence-corrected chi connectivity index (χ3v) is 4.64. The van der Waals surface area contributed by atoms with Crippen LogP contribution >= 0.6 is 0 Å². The zero-order valence-corrected chi connectivity index (χ0v) is 16.7. The molecular formula is C16H35N3O4S. The van der Waals surface area contributed by atoms with Gasteiger partial charge < -0.3 is 10.3 Å². The Morgan fingerprint density at radius 3 is 2.38 bits per heavy atom. The van der Waals surface area contributed by atoms with Gasteiger partial charge in [0.2, 0.25) is 10.4 Å². The van der Waals surface area contributed by atoms with E-state index in [2.05, 4.69) is 41.5 Å². The smallest absolute Gasteiger partial charge is 0.252 e. The highest BCUT2D eigenvalue weighted by molar-refractivity contribution is 7.80. The minimum Gasteiger partial charge on any atom is -0.726 e. The molecule has 0 saturated carbocycles. The van der Waals surface area contributed by atoms with Crippen LogP contribution in [0.25, 0.3) is 0 Å². The van der Waals surface area contributed by atoms with Crippen molar-refractivity contribution >= 4 is 16.2 Å². The molecule has 7 nitrogen and oxygen atoms in total. The zero-order chi connectivity index (χ0) is 18.8. The maximum absolute atomic E-state index is 9.22. The van der Waals surface area contributed by atoms with Crippen LogP contribution in [0.3, 0.4) is 0 Å². The van der Waals surface area contributed by atoms with Gasteiger partial charge in [0, 0.05) is 6.54 Å². The molecular weight excluding hydrogens is 330 g/mol. The maximum Gasteiger partial charge on any atom is 0.252 e. The second-order valence-corrected chi connectivity index (χ2v) is 7.94. The lowest BCUT2D eigenvalue weighted by Crippen LogP contribution is -2.42. The largest absolute Gasteiger partial charge is 0.726 e.